The van der Waals surface area contributed by atoms with Gasteiger partial charge in [-0.1, -0.05) is 5.16 Å². The minimum Gasteiger partial charge on any atom is -0.497 e. The Hall–Kier alpha value is -2.49. The van der Waals surface area contributed by atoms with E-state index in [0.717, 1.165) is 35.6 Å². The number of hydrogen-bond donors (Lipinski definition) is 0. The van der Waals surface area contributed by atoms with Crippen LogP contribution < -0.4 is 4.74 Å². The van der Waals surface area contributed by atoms with Crippen molar-refractivity contribution in [2.24, 2.45) is 0 Å². The molecule has 0 radical (unpaired) electrons. The molecule has 0 fully saturated rings. The summed E-state index contributed by atoms with van der Waals surface area (Å²) < 4.78 is 12.7. The van der Waals surface area contributed by atoms with Gasteiger partial charge < -0.3 is 13.8 Å². The molecule has 4 nitrogen and oxygen atoms in total. The Kier molecular flexibility index (Phi) is 2.42. The Balaban J connectivity index is 1.78. The highest BCUT2D eigenvalue weighted by molar-refractivity contribution is 5.68. The molecule has 0 saturated carbocycles. The summed E-state index contributed by atoms with van der Waals surface area (Å²) >= 11 is 0. The third-order valence-corrected chi connectivity index (χ3v) is 3.83. The lowest BCUT2D eigenvalue weighted by molar-refractivity contribution is 0.414. The van der Waals surface area contributed by atoms with Crippen LogP contribution >= 0.6 is 0 Å². The zero-order valence-electron chi connectivity index (χ0n) is 11.2. The van der Waals surface area contributed by atoms with Crippen molar-refractivity contribution in [2.75, 3.05) is 7.11 Å². The number of fused-ring (bicyclic) bond motifs is 3. The maximum absolute atomic E-state index is 5.38. The summed E-state index contributed by atoms with van der Waals surface area (Å²) in [6.45, 7) is 0. The molecule has 0 aliphatic heterocycles. The molecule has 0 atom stereocenters. The first-order valence-electron chi connectivity index (χ1n) is 6.64. The molecule has 0 N–H and O–H groups in total. The quantitative estimate of drug-likeness (QED) is 0.715. The Morgan fingerprint density at radius 3 is 2.70 bits per heavy atom. The van der Waals surface area contributed by atoms with Crippen molar-refractivity contribution in [3.8, 4) is 22.8 Å². The molecule has 0 amide bonds. The lowest BCUT2D eigenvalue weighted by Gasteiger charge is -2.07. The van der Waals surface area contributed by atoms with Crippen LogP contribution in [0.5, 0.6) is 5.75 Å². The topological polar surface area (TPSA) is 40.2 Å². The van der Waals surface area contributed by atoms with Gasteiger partial charge in [0.2, 0.25) is 0 Å². The highest BCUT2D eigenvalue weighted by Crippen LogP contribution is 2.34. The second kappa shape index (κ2) is 4.27. The highest BCUT2D eigenvalue weighted by atomic mass is 16.5. The molecule has 2 aromatic heterocycles. The van der Waals surface area contributed by atoms with Gasteiger partial charge >= 0.3 is 0 Å². The van der Waals surface area contributed by atoms with Gasteiger partial charge in [-0.25, -0.2) is 0 Å². The van der Waals surface area contributed by atoms with Crippen molar-refractivity contribution in [1.82, 2.24) is 9.72 Å². The molecule has 0 saturated heterocycles. The van der Waals surface area contributed by atoms with Crippen molar-refractivity contribution in [3.63, 3.8) is 0 Å². The molecule has 0 unspecified atom stereocenters. The molecule has 1 aromatic carbocycles. The molecule has 4 rings (SSSR count). The molecule has 20 heavy (non-hydrogen) atoms. The Morgan fingerprint density at radius 2 is 1.90 bits per heavy atom. The summed E-state index contributed by atoms with van der Waals surface area (Å²) in [6, 6.07) is 8.03. The molecule has 3 aromatic rings. The largest absolute Gasteiger partial charge is 0.497 e. The van der Waals surface area contributed by atoms with Gasteiger partial charge in [-0.05, 0) is 42.7 Å². The zero-order valence-corrected chi connectivity index (χ0v) is 11.2. The van der Waals surface area contributed by atoms with Gasteiger partial charge in [0.25, 0.3) is 0 Å². The summed E-state index contributed by atoms with van der Waals surface area (Å²) in [5, 5.41) is 3.91. The van der Waals surface area contributed by atoms with E-state index < -0.39 is 0 Å². The van der Waals surface area contributed by atoms with E-state index in [4.69, 9.17) is 9.26 Å². The van der Waals surface area contributed by atoms with Crippen LogP contribution in [0, 0.1) is 0 Å². The monoisotopic (exact) mass is 266 g/mol. The minimum atomic E-state index is 0.864. The van der Waals surface area contributed by atoms with Crippen molar-refractivity contribution in [1.29, 1.82) is 0 Å². The summed E-state index contributed by atoms with van der Waals surface area (Å²) in [4.78, 5) is 0. The Morgan fingerprint density at radius 1 is 1.10 bits per heavy atom. The first kappa shape index (κ1) is 11.3. The van der Waals surface area contributed by atoms with Crippen LogP contribution in [0.3, 0.4) is 0 Å². The standard InChI is InChI=1S/C16H14N2O2/c1-19-14-6-4-13(5-7-14)18-9-12-3-2-11-8-17-20-16(11)15(12)10-18/h4-10H,2-3H2,1H3. The fraction of sp³-hybridized carbons (Fsp3) is 0.188. The summed E-state index contributed by atoms with van der Waals surface area (Å²) in [7, 11) is 1.68. The number of benzene rings is 1. The van der Waals surface area contributed by atoms with E-state index in [1.807, 2.05) is 30.5 Å². The number of ether oxygens (including phenoxy) is 1. The van der Waals surface area contributed by atoms with E-state index in [-0.39, 0.29) is 0 Å². The summed E-state index contributed by atoms with van der Waals surface area (Å²) in [5.41, 5.74) is 4.77. The number of rotatable bonds is 2. The van der Waals surface area contributed by atoms with Gasteiger partial charge in [0.15, 0.2) is 5.76 Å². The number of methoxy groups -OCH3 is 1. The second-order valence-electron chi connectivity index (χ2n) is 4.98. The van der Waals surface area contributed by atoms with Gasteiger partial charge in [0, 0.05) is 29.2 Å². The van der Waals surface area contributed by atoms with Crippen molar-refractivity contribution < 1.29 is 9.26 Å². The van der Waals surface area contributed by atoms with Crippen LogP contribution in [0.15, 0.2) is 47.4 Å². The van der Waals surface area contributed by atoms with Crippen molar-refractivity contribution in [2.45, 2.75) is 12.8 Å². The highest BCUT2D eigenvalue weighted by Gasteiger charge is 2.22. The average molecular weight is 266 g/mol. The molecule has 0 bridgehead atoms. The molecule has 0 spiro atoms. The van der Waals surface area contributed by atoms with Crippen LogP contribution in [0.1, 0.15) is 11.1 Å². The van der Waals surface area contributed by atoms with Gasteiger partial charge in [0.1, 0.15) is 5.75 Å². The lowest BCUT2D eigenvalue weighted by atomic mass is 9.95. The maximum atomic E-state index is 5.38. The normalized spacial score (nSPS) is 12.8. The van der Waals surface area contributed by atoms with E-state index in [0.29, 0.717) is 0 Å². The van der Waals surface area contributed by atoms with Crippen molar-refractivity contribution in [3.05, 3.63) is 54.0 Å². The minimum absolute atomic E-state index is 0.864. The fourth-order valence-corrected chi connectivity index (χ4v) is 2.73. The number of hydrogen-bond acceptors (Lipinski definition) is 3. The van der Waals surface area contributed by atoms with E-state index in [9.17, 15) is 0 Å². The van der Waals surface area contributed by atoms with Gasteiger partial charge in [-0.3, -0.25) is 0 Å². The molecule has 2 heterocycles. The molecule has 1 aliphatic carbocycles. The number of aromatic nitrogens is 2. The van der Waals surface area contributed by atoms with Crippen LogP contribution in [-0.4, -0.2) is 16.8 Å². The molecular weight excluding hydrogens is 252 g/mol. The second-order valence-corrected chi connectivity index (χ2v) is 4.98. The smallest absolute Gasteiger partial charge is 0.171 e. The van der Waals surface area contributed by atoms with Gasteiger partial charge in [-0.15, -0.1) is 0 Å². The first-order valence-corrected chi connectivity index (χ1v) is 6.64. The predicted octanol–water partition coefficient (Wildman–Crippen LogP) is 3.24. The van der Waals surface area contributed by atoms with E-state index in [1.54, 1.807) is 7.11 Å². The zero-order chi connectivity index (χ0) is 13.5. The SMILES string of the molecule is COc1ccc(-n2cc3c(c2)-c2oncc2CC3)cc1. The Labute approximate surface area is 116 Å². The van der Waals surface area contributed by atoms with Gasteiger partial charge in [-0.2, -0.15) is 0 Å². The molecule has 100 valence electrons. The van der Waals surface area contributed by atoms with Gasteiger partial charge in [0.05, 0.1) is 13.3 Å². The van der Waals surface area contributed by atoms with Crippen molar-refractivity contribution >= 4 is 0 Å². The van der Waals surface area contributed by atoms with E-state index in [2.05, 4.69) is 22.1 Å². The first-order chi connectivity index (χ1) is 9.85. The fourth-order valence-electron chi connectivity index (χ4n) is 2.73. The van der Waals surface area contributed by atoms with Crippen LogP contribution in [0.4, 0.5) is 0 Å². The summed E-state index contributed by atoms with van der Waals surface area (Å²) in [6.07, 6.45) is 8.14. The average Bonchev–Trinajstić information content (AvgIpc) is 3.12. The third kappa shape index (κ3) is 1.65. The van der Waals surface area contributed by atoms with Crippen LogP contribution in [0.25, 0.3) is 17.0 Å². The molecule has 4 heteroatoms. The van der Waals surface area contributed by atoms with E-state index in [1.165, 1.54) is 11.1 Å². The number of nitrogens with zero attached hydrogens (tertiary/aromatic N) is 2. The molecule has 1 aliphatic rings. The maximum Gasteiger partial charge on any atom is 0.171 e. The predicted molar refractivity (Wildman–Crippen MR) is 75.2 cm³/mol. The third-order valence-electron chi connectivity index (χ3n) is 3.83. The summed E-state index contributed by atoms with van der Waals surface area (Å²) in [5.74, 6) is 1.78. The van der Waals surface area contributed by atoms with Crippen LogP contribution in [0.2, 0.25) is 0 Å². The van der Waals surface area contributed by atoms with Crippen LogP contribution in [-0.2, 0) is 12.8 Å². The molecular formula is C16H14N2O2. The van der Waals surface area contributed by atoms with E-state index >= 15 is 0 Å². The lowest BCUT2D eigenvalue weighted by Crippen LogP contribution is -1.97. The Bertz CT molecular complexity index is 753. The number of aryl methyl sites for hydroxylation is 2.